The number of nitrogens with zero attached hydrogens (tertiary/aromatic N) is 6. The van der Waals surface area contributed by atoms with E-state index in [0.29, 0.717) is 72.3 Å². The number of fused-ring (bicyclic) bond motifs is 3. The minimum absolute atomic E-state index is 0.00851. The van der Waals surface area contributed by atoms with Gasteiger partial charge in [0.05, 0.1) is 10.9 Å². The molecular weight excluding hydrogens is 763 g/mol. The summed E-state index contributed by atoms with van der Waals surface area (Å²) in [6.07, 6.45) is 3.95. The number of ether oxygens (including phenoxy) is 2. The normalized spacial score (nSPS) is 20.5. The van der Waals surface area contributed by atoms with Crippen molar-refractivity contribution in [2.45, 2.75) is 134 Å². The molecule has 0 N–H and O–H groups in total. The van der Waals surface area contributed by atoms with E-state index in [-0.39, 0.29) is 36.0 Å². The Morgan fingerprint density at radius 3 is 2.36 bits per heavy atom. The monoisotopic (exact) mass is 824 g/mol. The molecule has 59 heavy (non-hydrogen) atoms. The van der Waals surface area contributed by atoms with E-state index in [1.165, 1.54) is 0 Å². The van der Waals surface area contributed by atoms with Crippen LogP contribution in [0.25, 0.3) is 32.9 Å². The van der Waals surface area contributed by atoms with E-state index in [1.807, 2.05) is 69.1 Å². The number of alkyl halides is 1. The maximum atomic E-state index is 17.5. The number of pyridine rings is 1. The second-order valence-electron chi connectivity index (χ2n) is 19.0. The van der Waals surface area contributed by atoms with Crippen molar-refractivity contribution >= 4 is 41.7 Å². The lowest BCUT2D eigenvalue weighted by atomic mass is 9.95. The average Bonchev–Trinajstić information content (AvgIpc) is 3.71. The molecule has 7 rings (SSSR count). The van der Waals surface area contributed by atoms with Crippen molar-refractivity contribution in [1.29, 1.82) is 0 Å². The first-order valence-electron chi connectivity index (χ1n) is 21.6. The molecule has 0 radical (unpaired) electrons. The third kappa shape index (κ3) is 8.26. The van der Waals surface area contributed by atoms with Crippen molar-refractivity contribution in [3.05, 3.63) is 54.0 Å². The molecule has 9 nitrogen and oxygen atoms in total. The third-order valence-corrected chi connectivity index (χ3v) is 19.6. The maximum Gasteiger partial charge on any atom is 0.410 e. The lowest BCUT2D eigenvalue weighted by molar-refractivity contribution is 0.0205. The van der Waals surface area contributed by atoms with Crippen LogP contribution < -0.4 is 9.64 Å². The van der Waals surface area contributed by atoms with E-state index >= 15 is 4.39 Å². The van der Waals surface area contributed by atoms with Crippen LogP contribution in [-0.4, -0.2) is 102 Å². The van der Waals surface area contributed by atoms with Crippen molar-refractivity contribution in [1.82, 2.24) is 24.8 Å². The zero-order chi connectivity index (χ0) is 42.4. The van der Waals surface area contributed by atoms with E-state index in [1.54, 1.807) is 11.1 Å². The summed E-state index contributed by atoms with van der Waals surface area (Å²) in [5.74, 6) is 3.57. The Hall–Kier alpha value is -4.34. The average molecular weight is 825 g/mol. The summed E-state index contributed by atoms with van der Waals surface area (Å²) in [6.45, 7) is 21.9. The first-order valence-corrected chi connectivity index (χ1v) is 23.8. The van der Waals surface area contributed by atoms with Crippen molar-refractivity contribution < 1.29 is 23.0 Å². The molecule has 3 fully saturated rings. The van der Waals surface area contributed by atoms with Crippen LogP contribution in [-0.2, 0) is 4.74 Å². The fraction of sp³-hybridized carbons (Fsp3) is 0.574. The Labute approximate surface area is 350 Å². The van der Waals surface area contributed by atoms with Gasteiger partial charge in [-0.2, -0.15) is 9.97 Å². The second-order valence-corrected chi connectivity index (χ2v) is 24.6. The molecule has 2 aromatic carbocycles. The number of amides is 1. The number of carbonyl (C=O) groups excluding carboxylic acids is 1. The van der Waals surface area contributed by atoms with Crippen LogP contribution in [0, 0.1) is 17.3 Å². The molecule has 0 spiro atoms. The zero-order valence-corrected chi connectivity index (χ0v) is 37.7. The summed E-state index contributed by atoms with van der Waals surface area (Å²) in [4.78, 5) is 33.3. The van der Waals surface area contributed by atoms with Gasteiger partial charge >= 0.3 is 12.1 Å². The molecule has 0 unspecified atom stereocenters. The SMILES string of the molecule is CC(C)[Si](C#Cc1cccc2cccc(-c3ncc4c(N(C)C5CCN(C(=O)OC(C)(C)C)CC5)nc(OC[C@@]56CCCN5C[C@H](F)C6)nc4c3F)c12)(C(C)C)C(C)C. The predicted octanol–water partition coefficient (Wildman–Crippen LogP) is 10.3. The molecule has 0 aliphatic carbocycles. The molecule has 3 aliphatic heterocycles. The van der Waals surface area contributed by atoms with Gasteiger partial charge < -0.3 is 19.3 Å². The molecule has 12 heteroatoms. The predicted molar refractivity (Wildman–Crippen MR) is 236 cm³/mol. The fourth-order valence-electron chi connectivity index (χ4n) is 10.4. The largest absolute Gasteiger partial charge is 0.461 e. The van der Waals surface area contributed by atoms with Gasteiger partial charge in [0.15, 0.2) is 5.82 Å². The van der Waals surface area contributed by atoms with Crippen LogP contribution in [0.2, 0.25) is 16.6 Å². The van der Waals surface area contributed by atoms with Crippen LogP contribution in [0.4, 0.5) is 19.4 Å². The molecule has 0 saturated carbocycles. The summed E-state index contributed by atoms with van der Waals surface area (Å²) < 4.78 is 44.3. The smallest absolute Gasteiger partial charge is 0.410 e. The minimum atomic E-state index is -2.06. The van der Waals surface area contributed by atoms with Gasteiger partial charge in [-0.3, -0.25) is 9.88 Å². The van der Waals surface area contributed by atoms with E-state index < -0.39 is 31.2 Å². The molecule has 5 heterocycles. The Morgan fingerprint density at radius 1 is 1.02 bits per heavy atom. The molecule has 0 bridgehead atoms. The van der Waals surface area contributed by atoms with Crippen molar-refractivity contribution in [3.8, 4) is 28.7 Å². The number of halogens is 2. The van der Waals surface area contributed by atoms with E-state index in [9.17, 15) is 9.18 Å². The Morgan fingerprint density at radius 2 is 1.69 bits per heavy atom. The van der Waals surface area contributed by atoms with Crippen LogP contribution in [0.1, 0.15) is 100.0 Å². The quantitative estimate of drug-likeness (QED) is 0.122. The number of benzene rings is 2. The van der Waals surface area contributed by atoms with Gasteiger partial charge in [-0.1, -0.05) is 77.8 Å². The van der Waals surface area contributed by atoms with Crippen molar-refractivity contribution in [2.75, 3.05) is 44.7 Å². The molecule has 3 saturated heterocycles. The van der Waals surface area contributed by atoms with Crippen LogP contribution in [0.15, 0.2) is 42.6 Å². The van der Waals surface area contributed by atoms with E-state index in [2.05, 4.69) is 57.9 Å². The van der Waals surface area contributed by atoms with Crippen molar-refractivity contribution in [3.63, 3.8) is 0 Å². The number of carbonyl (C=O) groups is 1. The molecule has 1 amide bonds. The molecule has 316 valence electrons. The lowest BCUT2D eigenvalue weighted by Gasteiger charge is -2.38. The van der Waals surface area contributed by atoms with E-state index in [4.69, 9.17) is 24.4 Å². The highest BCUT2D eigenvalue weighted by Gasteiger charge is 2.49. The third-order valence-electron chi connectivity index (χ3n) is 13.3. The minimum Gasteiger partial charge on any atom is -0.461 e. The summed E-state index contributed by atoms with van der Waals surface area (Å²) in [7, 11) is -0.123. The molecule has 3 aliphatic rings. The molecule has 2 atom stereocenters. The number of likely N-dealkylation sites (tertiary alicyclic amines) is 1. The Kier molecular flexibility index (Phi) is 12.0. The van der Waals surface area contributed by atoms with Gasteiger partial charge in [0, 0.05) is 61.9 Å². The van der Waals surface area contributed by atoms with E-state index in [0.717, 1.165) is 35.7 Å². The number of anilines is 1. The van der Waals surface area contributed by atoms with Gasteiger partial charge in [-0.15, -0.1) is 5.54 Å². The van der Waals surface area contributed by atoms with Crippen LogP contribution in [0.3, 0.4) is 0 Å². The Balaban J connectivity index is 1.31. The van der Waals surface area contributed by atoms with Gasteiger partial charge in [-0.05, 0) is 81.1 Å². The van der Waals surface area contributed by atoms with Crippen LogP contribution in [0.5, 0.6) is 6.01 Å². The summed E-state index contributed by atoms with van der Waals surface area (Å²) in [5, 5.41) is 2.27. The summed E-state index contributed by atoms with van der Waals surface area (Å²) in [6, 6.07) is 12.0. The maximum absolute atomic E-state index is 17.5. The highest BCUT2D eigenvalue weighted by atomic mass is 28.3. The molecule has 4 aromatic rings. The number of rotatable bonds is 9. The standard InChI is InChI=1S/C47H62F2N6O3Si/c1-30(2)59(31(3)4,32(5)6)25-20-34-15-11-14-33-16-12-17-37(39(33)34)41-40(49)42-38(27-50-41)43(53(10)36-18-23-54(24-19-36)45(56)58-46(7,8)9)52-44(51-42)57-29-47-21-13-22-55(47)28-35(48)26-47/h11-12,14-17,27,30-32,35-36H,13,18-19,21-24,26,28-29H2,1-10H3/t35-,47+/m1/s1. The molecule has 2 aromatic heterocycles. The second kappa shape index (κ2) is 16.6. The highest BCUT2D eigenvalue weighted by Crippen LogP contribution is 2.43. The van der Waals surface area contributed by atoms with Gasteiger partial charge in [0.2, 0.25) is 0 Å². The lowest BCUT2D eigenvalue weighted by Crippen LogP contribution is -2.47. The Bertz CT molecular complexity index is 2230. The first kappa shape index (κ1) is 42.8. The highest BCUT2D eigenvalue weighted by molar-refractivity contribution is 6.90. The number of aromatic nitrogens is 3. The number of piperidine rings is 1. The van der Waals surface area contributed by atoms with Gasteiger partial charge in [0.25, 0.3) is 0 Å². The fourth-order valence-corrected chi connectivity index (χ4v) is 15.6. The molecular formula is C47H62F2N6O3Si. The first-order chi connectivity index (χ1) is 27.9. The van der Waals surface area contributed by atoms with Crippen molar-refractivity contribution in [2.24, 2.45) is 0 Å². The number of hydrogen-bond acceptors (Lipinski definition) is 8. The topological polar surface area (TPSA) is 83.9 Å². The summed E-state index contributed by atoms with van der Waals surface area (Å²) >= 11 is 0. The van der Waals surface area contributed by atoms with Gasteiger partial charge in [0.1, 0.15) is 43.5 Å². The number of hydrogen-bond donors (Lipinski definition) is 0. The van der Waals surface area contributed by atoms with Gasteiger partial charge in [-0.25, -0.2) is 13.6 Å². The van der Waals surface area contributed by atoms with Crippen LogP contribution >= 0.6 is 0 Å². The zero-order valence-electron chi connectivity index (χ0n) is 36.7. The summed E-state index contributed by atoms with van der Waals surface area (Å²) in [5.41, 5.74) is 6.04.